The number of hydrogen-bond donors (Lipinski definition) is 0. The first kappa shape index (κ1) is 8.54. The van der Waals surface area contributed by atoms with Crippen LogP contribution in [0.1, 0.15) is 32.1 Å². The van der Waals surface area contributed by atoms with Gasteiger partial charge in [0.25, 0.3) is 11.3 Å². The Kier molecular flexibility index (Phi) is 0.992. The number of carbonyl (C=O) groups excluding carboxylic acids is 1. The summed E-state index contributed by atoms with van der Waals surface area (Å²) in [5, 5.41) is 24.6. The maximum absolute atomic E-state index is 12.8. The van der Waals surface area contributed by atoms with E-state index in [4.69, 9.17) is 0 Å². The Morgan fingerprint density at radius 3 is 1.82 bits per heavy atom. The van der Waals surface area contributed by atoms with E-state index in [-0.39, 0.29) is 5.78 Å². The van der Waals surface area contributed by atoms with Crippen molar-refractivity contribution < 1.29 is 4.79 Å². The topological polar surface area (TPSA) is 91.2 Å². The summed E-state index contributed by atoms with van der Waals surface area (Å²) in [5.41, 5.74) is -3.15. The van der Waals surface area contributed by atoms with Gasteiger partial charge in [-0.05, 0) is 12.8 Å². The van der Waals surface area contributed by atoms with Gasteiger partial charge in [-0.2, -0.15) is 10.2 Å². The highest BCUT2D eigenvalue weighted by Gasteiger charge is 2.97. The van der Waals surface area contributed by atoms with Crippen molar-refractivity contribution in [2.24, 2.45) is 36.1 Å². The van der Waals surface area contributed by atoms with Gasteiger partial charge < -0.3 is 0 Å². The summed E-state index contributed by atoms with van der Waals surface area (Å²) in [4.78, 5) is 12.8. The highest BCUT2D eigenvalue weighted by atomic mass is 16.1. The SMILES string of the molecule is O=C1C2(CCCCC2)C2(N=N2)C2(N=N2)C12N=N2. The van der Waals surface area contributed by atoms with Gasteiger partial charge in [-0.15, -0.1) is 20.5 Å². The zero-order valence-corrected chi connectivity index (χ0v) is 9.13. The first-order valence-corrected chi connectivity index (χ1v) is 6.10. The van der Waals surface area contributed by atoms with Gasteiger partial charge in [-0.3, -0.25) is 4.79 Å². The predicted octanol–water partition coefficient (Wildman–Crippen LogP) is 2.01. The van der Waals surface area contributed by atoms with Gasteiger partial charge in [0.1, 0.15) is 0 Å². The molecule has 0 aromatic rings. The van der Waals surface area contributed by atoms with Gasteiger partial charge in [0.2, 0.25) is 5.78 Å². The van der Waals surface area contributed by atoms with E-state index < -0.39 is 22.4 Å². The number of rotatable bonds is 0. The predicted molar refractivity (Wildman–Crippen MR) is 53.3 cm³/mol. The molecule has 0 atom stereocenters. The zero-order chi connectivity index (χ0) is 11.4. The molecule has 17 heavy (non-hydrogen) atoms. The van der Waals surface area contributed by atoms with E-state index in [9.17, 15) is 4.79 Å². The summed E-state index contributed by atoms with van der Waals surface area (Å²) in [6, 6.07) is 0. The molecule has 5 rings (SSSR count). The van der Waals surface area contributed by atoms with E-state index in [1.54, 1.807) is 0 Å². The van der Waals surface area contributed by atoms with Crippen LogP contribution in [0.4, 0.5) is 0 Å². The first-order chi connectivity index (χ1) is 8.23. The summed E-state index contributed by atoms with van der Waals surface area (Å²) in [6.07, 6.45) is 4.93. The van der Waals surface area contributed by atoms with Crippen molar-refractivity contribution in [3.8, 4) is 0 Å². The van der Waals surface area contributed by atoms with E-state index >= 15 is 0 Å². The Labute approximate surface area is 96.5 Å². The molecule has 0 N–H and O–H groups in total. The van der Waals surface area contributed by atoms with Crippen molar-refractivity contribution in [2.75, 3.05) is 0 Å². The van der Waals surface area contributed by atoms with Crippen LogP contribution in [0, 0.1) is 5.41 Å². The third-order valence-corrected chi connectivity index (χ3v) is 5.00. The number of nitrogens with zero attached hydrogens (tertiary/aromatic N) is 6. The molecule has 0 saturated heterocycles. The first-order valence-electron chi connectivity index (χ1n) is 6.10. The summed E-state index contributed by atoms with van der Waals surface area (Å²) >= 11 is 0. The van der Waals surface area contributed by atoms with Crippen LogP contribution < -0.4 is 0 Å². The molecule has 0 unspecified atom stereocenters. The molecule has 3 aliphatic heterocycles. The van der Waals surface area contributed by atoms with Crippen LogP contribution in [-0.2, 0) is 4.79 Å². The second kappa shape index (κ2) is 1.97. The molecule has 2 fully saturated rings. The highest BCUT2D eigenvalue weighted by molar-refractivity contribution is 6.03. The number of carbonyl (C=O) groups is 1. The molecule has 0 amide bonds. The molecule has 0 aromatic heterocycles. The van der Waals surface area contributed by atoms with Gasteiger partial charge in [0, 0.05) is 0 Å². The molecule has 2 aliphatic carbocycles. The maximum atomic E-state index is 12.8. The summed E-state index contributed by atoms with van der Waals surface area (Å²) in [6.45, 7) is 0. The average molecular weight is 230 g/mol. The van der Waals surface area contributed by atoms with E-state index in [1.807, 2.05) is 0 Å². The quantitative estimate of drug-likeness (QED) is 0.625. The highest BCUT2D eigenvalue weighted by Crippen LogP contribution is 2.76. The monoisotopic (exact) mass is 230 g/mol. The number of ketones is 1. The third kappa shape index (κ3) is 0.577. The summed E-state index contributed by atoms with van der Waals surface area (Å²) in [7, 11) is 0. The minimum atomic E-state index is -1.03. The lowest BCUT2D eigenvalue weighted by atomic mass is 9.67. The Hall–Kier alpha value is -1.53. The van der Waals surface area contributed by atoms with Crippen LogP contribution in [0.3, 0.4) is 0 Å². The van der Waals surface area contributed by atoms with Crippen molar-refractivity contribution >= 4 is 5.78 Å². The maximum Gasteiger partial charge on any atom is 0.301 e. The molecule has 2 saturated carbocycles. The lowest BCUT2D eigenvalue weighted by molar-refractivity contribution is -0.130. The summed E-state index contributed by atoms with van der Waals surface area (Å²) in [5.74, 6) is 0.0692. The molecule has 7 heteroatoms. The fourth-order valence-electron chi connectivity index (χ4n) is 3.95. The van der Waals surface area contributed by atoms with E-state index in [0.29, 0.717) is 0 Å². The molecular formula is C10H10N6O. The van der Waals surface area contributed by atoms with Gasteiger partial charge in [-0.25, -0.2) is 0 Å². The van der Waals surface area contributed by atoms with Gasteiger partial charge in [-0.1, -0.05) is 19.3 Å². The molecule has 3 heterocycles. The lowest BCUT2D eigenvalue weighted by Gasteiger charge is -2.33. The van der Waals surface area contributed by atoms with Crippen LogP contribution >= 0.6 is 0 Å². The summed E-state index contributed by atoms with van der Waals surface area (Å²) < 4.78 is 0. The fourth-order valence-corrected chi connectivity index (χ4v) is 3.95. The molecule has 0 aromatic carbocycles. The van der Waals surface area contributed by atoms with Crippen molar-refractivity contribution in [1.29, 1.82) is 0 Å². The molecule has 86 valence electrons. The van der Waals surface area contributed by atoms with E-state index in [0.717, 1.165) is 25.7 Å². The Morgan fingerprint density at radius 2 is 1.35 bits per heavy atom. The number of Topliss-reactive ketones (excluding diaryl/α,β-unsaturated/α-hetero) is 1. The van der Waals surface area contributed by atoms with Gasteiger partial charge in [0.15, 0.2) is 0 Å². The minimum Gasteiger partial charge on any atom is -0.294 e. The van der Waals surface area contributed by atoms with Crippen LogP contribution in [0.15, 0.2) is 30.7 Å². The zero-order valence-electron chi connectivity index (χ0n) is 9.13. The van der Waals surface area contributed by atoms with Crippen molar-refractivity contribution in [1.82, 2.24) is 0 Å². The Morgan fingerprint density at radius 1 is 0.765 bits per heavy atom. The van der Waals surface area contributed by atoms with Crippen LogP contribution in [0.2, 0.25) is 0 Å². The third-order valence-electron chi connectivity index (χ3n) is 5.00. The van der Waals surface area contributed by atoms with Crippen molar-refractivity contribution in [3.63, 3.8) is 0 Å². The minimum absolute atomic E-state index is 0.0692. The second-order valence-electron chi connectivity index (χ2n) is 5.59. The van der Waals surface area contributed by atoms with Crippen molar-refractivity contribution in [3.05, 3.63) is 0 Å². The van der Waals surface area contributed by atoms with Gasteiger partial charge >= 0.3 is 5.66 Å². The smallest absolute Gasteiger partial charge is 0.294 e. The molecule has 5 aliphatic rings. The number of hydrogen-bond acceptors (Lipinski definition) is 7. The van der Waals surface area contributed by atoms with E-state index in [1.165, 1.54) is 6.42 Å². The number of fused-ring (bicyclic) bond motifs is 3. The molecule has 7 nitrogen and oxygen atoms in total. The average Bonchev–Trinajstić information content (AvgIpc) is 3.24. The van der Waals surface area contributed by atoms with Crippen LogP contribution in [0.5, 0.6) is 0 Å². The Balaban J connectivity index is 1.72. The molecule has 0 bridgehead atoms. The Bertz CT molecular complexity index is 537. The standard InChI is InChI=1S/C10H10N6O/c17-6-7(4-2-1-3-5-7)9(13-14-9)10(15-16-10)8(6)11-12-8/h1-5H2. The molecular weight excluding hydrogens is 220 g/mol. The van der Waals surface area contributed by atoms with Crippen molar-refractivity contribution in [2.45, 2.75) is 49.1 Å². The largest absolute Gasteiger partial charge is 0.301 e. The van der Waals surface area contributed by atoms with Gasteiger partial charge in [0.05, 0.1) is 5.41 Å². The molecule has 4 spiro atoms. The normalized spacial score (nSPS) is 37.5. The van der Waals surface area contributed by atoms with Crippen LogP contribution in [0.25, 0.3) is 0 Å². The second-order valence-corrected chi connectivity index (χ2v) is 5.59. The molecule has 0 radical (unpaired) electrons. The fraction of sp³-hybridized carbons (Fsp3) is 0.900. The lowest BCUT2D eigenvalue weighted by Crippen LogP contribution is -2.46. The van der Waals surface area contributed by atoms with Crippen LogP contribution in [-0.4, -0.2) is 22.8 Å². The van der Waals surface area contributed by atoms with E-state index in [2.05, 4.69) is 30.7 Å².